The van der Waals surface area contributed by atoms with Gasteiger partial charge in [-0.25, -0.2) is 12.7 Å². The second kappa shape index (κ2) is 7.97. The van der Waals surface area contributed by atoms with Crippen molar-refractivity contribution < 1.29 is 8.42 Å². The van der Waals surface area contributed by atoms with Crippen LogP contribution in [-0.4, -0.2) is 38.1 Å². The first-order chi connectivity index (χ1) is 10.6. The second-order valence-electron chi connectivity index (χ2n) is 6.76. The van der Waals surface area contributed by atoms with E-state index in [2.05, 4.69) is 12.1 Å². The maximum absolute atomic E-state index is 12.7. The van der Waals surface area contributed by atoms with Gasteiger partial charge < -0.3 is 5.73 Å². The van der Waals surface area contributed by atoms with Gasteiger partial charge in [-0.2, -0.15) is 0 Å². The van der Waals surface area contributed by atoms with Crippen LogP contribution in [0.15, 0.2) is 30.3 Å². The predicted octanol–water partition coefficient (Wildman–Crippen LogP) is 2.60. The van der Waals surface area contributed by atoms with E-state index in [1.807, 2.05) is 18.2 Å². The third kappa shape index (κ3) is 4.27. The lowest BCUT2D eigenvalue weighted by atomic mass is 9.89. The molecule has 1 aromatic carbocycles. The minimum Gasteiger partial charge on any atom is -0.330 e. The van der Waals surface area contributed by atoms with E-state index < -0.39 is 10.0 Å². The van der Waals surface area contributed by atoms with Gasteiger partial charge in [0.05, 0.1) is 5.75 Å². The molecule has 23 heavy (non-hydrogen) atoms. The summed E-state index contributed by atoms with van der Waals surface area (Å²) in [6.45, 7) is 1.70. The molecule has 6 heteroatoms. The maximum Gasteiger partial charge on any atom is 0.214 e. The molecular formula is C17H27ClN2O2S. The molecule has 0 unspecified atom stereocenters. The van der Waals surface area contributed by atoms with Crippen LogP contribution in [0.4, 0.5) is 0 Å². The summed E-state index contributed by atoms with van der Waals surface area (Å²) in [6, 6.07) is 10.2. The fourth-order valence-electron chi connectivity index (χ4n) is 3.96. The van der Waals surface area contributed by atoms with Gasteiger partial charge in [0.25, 0.3) is 0 Å². The molecular weight excluding hydrogens is 332 g/mol. The summed E-state index contributed by atoms with van der Waals surface area (Å²) in [5.74, 6) is 1.13. The van der Waals surface area contributed by atoms with Crippen molar-refractivity contribution in [3.05, 3.63) is 35.9 Å². The molecule has 0 radical (unpaired) electrons. The fourth-order valence-corrected chi connectivity index (χ4v) is 5.90. The maximum atomic E-state index is 12.7. The van der Waals surface area contributed by atoms with Crippen LogP contribution >= 0.6 is 12.4 Å². The second-order valence-corrected chi connectivity index (χ2v) is 8.77. The number of benzene rings is 1. The zero-order valence-electron chi connectivity index (χ0n) is 13.4. The molecule has 0 spiro atoms. The van der Waals surface area contributed by atoms with Crippen molar-refractivity contribution in [1.82, 2.24) is 4.31 Å². The molecule has 3 rings (SSSR count). The summed E-state index contributed by atoms with van der Waals surface area (Å²) in [6.07, 6.45) is 4.49. The summed E-state index contributed by atoms with van der Waals surface area (Å²) < 4.78 is 27.1. The van der Waals surface area contributed by atoms with Gasteiger partial charge in [-0.3, -0.25) is 0 Å². The molecule has 0 bridgehead atoms. The zero-order chi connectivity index (χ0) is 15.6. The summed E-state index contributed by atoms with van der Waals surface area (Å²) in [5, 5.41) is 0. The minimum absolute atomic E-state index is 0. The Bertz CT molecular complexity index is 588. The molecule has 2 N–H and O–H groups in total. The number of nitrogens with two attached hydrogens (primary N) is 1. The average molecular weight is 359 g/mol. The van der Waals surface area contributed by atoms with Crippen LogP contribution in [0.25, 0.3) is 0 Å². The van der Waals surface area contributed by atoms with Crippen LogP contribution in [0.2, 0.25) is 0 Å². The highest BCUT2D eigenvalue weighted by molar-refractivity contribution is 7.89. The summed E-state index contributed by atoms with van der Waals surface area (Å²) in [5.41, 5.74) is 7.11. The Balaban J connectivity index is 0.00000192. The lowest BCUT2D eigenvalue weighted by Crippen LogP contribution is -2.33. The first-order valence-corrected chi connectivity index (χ1v) is 9.94. The lowest BCUT2D eigenvalue weighted by Gasteiger charge is -2.19. The topological polar surface area (TPSA) is 63.4 Å². The third-order valence-corrected chi connectivity index (χ3v) is 7.23. The van der Waals surface area contributed by atoms with Crippen molar-refractivity contribution >= 4 is 22.4 Å². The van der Waals surface area contributed by atoms with E-state index in [0.717, 1.165) is 12.8 Å². The van der Waals surface area contributed by atoms with Crippen LogP contribution in [0.3, 0.4) is 0 Å². The molecule has 0 amide bonds. The van der Waals surface area contributed by atoms with Crippen molar-refractivity contribution in [3.8, 4) is 0 Å². The van der Waals surface area contributed by atoms with Crippen molar-refractivity contribution in [2.24, 2.45) is 17.6 Å². The van der Waals surface area contributed by atoms with Crippen LogP contribution in [0.1, 0.15) is 37.2 Å². The van der Waals surface area contributed by atoms with E-state index in [0.29, 0.717) is 31.3 Å². The number of hydrogen-bond donors (Lipinski definition) is 1. The highest BCUT2D eigenvalue weighted by atomic mass is 35.5. The van der Waals surface area contributed by atoms with Crippen LogP contribution < -0.4 is 5.73 Å². The van der Waals surface area contributed by atoms with Gasteiger partial charge in [-0.05, 0) is 36.8 Å². The highest BCUT2D eigenvalue weighted by Crippen LogP contribution is 2.35. The molecule has 1 aliphatic carbocycles. The van der Waals surface area contributed by atoms with Gasteiger partial charge in [0.2, 0.25) is 10.0 Å². The largest absolute Gasteiger partial charge is 0.330 e. The molecule has 1 saturated carbocycles. The monoisotopic (exact) mass is 358 g/mol. The quantitative estimate of drug-likeness (QED) is 0.879. The van der Waals surface area contributed by atoms with E-state index in [1.165, 1.54) is 18.4 Å². The highest BCUT2D eigenvalue weighted by Gasteiger charge is 2.39. The Kier molecular flexibility index (Phi) is 6.48. The molecule has 0 aromatic heterocycles. The molecule has 2 fully saturated rings. The van der Waals surface area contributed by atoms with Gasteiger partial charge in [-0.15, -0.1) is 12.4 Å². The van der Waals surface area contributed by atoms with Gasteiger partial charge in [0, 0.05) is 19.0 Å². The molecule has 4 nitrogen and oxygen atoms in total. The van der Waals surface area contributed by atoms with E-state index in [1.54, 1.807) is 4.31 Å². The summed E-state index contributed by atoms with van der Waals surface area (Å²) in [4.78, 5) is 0. The SMILES string of the molecule is Cl.NC[C@@H]1CN(S(=O)(=O)CC2CCCC2)C[C@H]1c1ccccc1. The number of sulfonamides is 1. The molecule has 2 atom stereocenters. The number of hydrogen-bond acceptors (Lipinski definition) is 3. The zero-order valence-corrected chi connectivity index (χ0v) is 15.1. The standard InChI is InChI=1S/C17H26N2O2S.ClH/c18-10-16-11-19(12-17(16)15-8-2-1-3-9-15)22(20,21)13-14-6-4-5-7-14;/h1-3,8-9,14,16-17H,4-7,10-13,18H2;1H/t16-,17+;/m1./s1. The number of nitrogens with zero attached hydrogens (tertiary/aromatic N) is 1. The van der Waals surface area contributed by atoms with Crippen LogP contribution in [0, 0.1) is 11.8 Å². The predicted molar refractivity (Wildman–Crippen MR) is 96.3 cm³/mol. The lowest BCUT2D eigenvalue weighted by molar-refractivity contribution is 0.448. The minimum atomic E-state index is -3.15. The Morgan fingerprint density at radius 2 is 1.74 bits per heavy atom. The number of halogens is 1. The van der Waals surface area contributed by atoms with E-state index in [9.17, 15) is 8.42 Å². The molecule has 2 aliphatic rings. The molecule has 1 heterocycles. The van der Waals surface area contributed by atoms with Crippen LogP contribution in [-0.2, 0) is 10.0 Å². The summed E-state index contributed by atoms with van der Waals surface area (Å²) in [7, 11) is -3.15. The number of rotatable bonds is 5. The smallest absolute Gasteiger partial charge is 0.214 e. The van der Waals surface area contributed by atoms with Crippen molar-refractivity contribution in [1.29, 1.82) is 0 Å². The van der Waals surface area contributed by atoms with Gasteiger partial charge in [0.1, 0.15) is 0 Å². The Morgan fingerprint density at radius 3 is 2.35 bits per heavy atom. The van der Waals surface area contributed by atoms with Gasteiger partial charge in [0.15, 0.2) is 0 Å². The molecule has 1 saturated heterocycles. The van der Waals surface area contributed by atoms with E-state index in [-0.39, 0.29) is 24.2 Å². The average Bonchev–Trinajstić information content (AvgIpc) is 3.16. The molecule has 130 valence electrons. The van der Waals surface area contributed by atoms with Crippen molar-refractivity contribution in [2.75, 3.05) is 25.4 Å². The van der Waals surface area contributed by atoms with Crippen molar-refractivity contribution in [2.45, 2.75) is 31.6 Å². The Morgan fingerprint density at radius 1 is 1.09 bits per heavy atom. The van der Waals surface area contributed by atoms with Gasteiger partial charge in [-0.1, -0.05) is 43.2 Å². The van der Waals surface area contributed by atoms with Gasteiger partial charge >= 0.3 is 0 Å². The molecule has 1 aliphatic heterocycles. The normalized spacial score (nSPS) is 26.3. The summed E-state index contributed by atoms with van der Waals surface area (Å²) >= 11 is 0. The fraction of sp³-hybridized carbons (Fsp3) is 0.647. The van der Waals surface area contributed by atoms with Crippen LogP contribution in [0.5, 0.6) is 0 Å². The van der Waals surface area contributed by atoms with Crippen molar-refractivity contribution in [3.63, 3.8) is 0 Å². The first kappa shape index (κ1) is 18.7. The first-order valence-electron chi connectivity index (χ1n) is 8.33. The molecule has 1 aromatic rings. The Labute approximate surface area is 145 Å². The third-order valence-electron chi connectivity index (χ3n) is 5.25. The Hall–Kier alpha value is -0.620. The van der Waals surface area contributed by atoms with E-state index >= 15 is 0 Å². The van der Waals surface area contributed by atoms with E-state index in [4.69, 9.17) is 5.73 Å².